The highest BCUT2D eigenvalue weighted by Crippen LogP contribution is 2.34. The van der Waals surface area contributed by atoms with Crippen LogP contribution in [-0.4, -0.2) is 15.8 Å². The van der Waals surface area contributed by atoms with Crippen LogP contribution < -0.4 is 5.50 Å². The summed E-state index contributed by atoms with van der Waals surface area (Å²) in [4.78, 5) is 8.18. The summed E-state index contributed by atoms with van der Waals surface area (Å²) >= 11 is 0. The van der Waals surface area contributed by atoms with Gasteiger partial charge in [-0.3, -0.25) is 10.1 Å². The normalized spacial score (nSPS) is 23.4. The SMILES string of the molecule is CC(O)P(N)(=O)O. The molecular weight excluding hydrogens is 117 g/mol. The van der Waals surface area contributed by atoms with E-state index < -0.39 is 13.4 Å². The Labute approximate surface area is 41.5 Å². The maximum absolute atomic E-state index is 10.00. The molecule has 0 saturated carbocycles. The molecule has 0 fully saturated rings. The number of rotatable bonds is 1. The third kappa shape index (κ3) is 2.76. The lowest BCUT2D eigenvalue weighted by molar-refractivity contribution is 0.248. The fraction of sp³-hybridized carbons (Fsp3) is 1.00. The van der Waals surface area contributed by atoms with Gasteiger partial charge in [-0.2, -0.15) is 0 Å². The molecule has 0 bridgehead atoms. The quantitative estimate of drug-likeness (QED) is 0.411. The van der Waals surface area contributed by atoms with Crippen molar-refractivity contribution < 1.29 is 14.6 Å². The molecule has 7 heavy (non-hydrogen) atoms. The molecule has 0 amide bonds. The van der Waals surface area contributed by atoms with E-state index in [1.54, 1.807) is 0 Å². The molecule has 0 aliphatic carbocycles. The van der Waals surface area contributed by atoms with Gasteiger partial charge in [0.15, 0.2) is 0 Å². The Morgan fingerprint density at radius 3 is 2.00 bits per heavy atom. The topological polar surface area (TPSA) is 83.5 Å². The van der Waals surface area contributed by atoms with E-state index in [1.165, 1.54) is 6.92 Å². The zero-order valence-electron chi connectivity index (χ0n) is 3.90. The lowest BCUT2D eigenvalue weighted by Gasteiger charge is -2.05. The van der Waals surface area contributed by atoms with Crippen LogP contribution in [-0.2, 0) is 4.57 Å². The summed E-state index contributed by atoms with van der Waals surface area (Å²) in [6.07, 6.45) is 0. The summed E-state index contributed by atoms with van der Waals surface area (Å²) in [6, 6.07) is 0. The lowest BCUT2D eigenvalue weighted by atomic mass is 10.9. The summed E-state index contributed by atoms with van der Waals surface area (Å²) in [7, 11) is -3.68. The lowest BCUT2D eigenvalue weighted by Crippen LogP contribution is -2.07. The number of nitrogens with two attached hydrogens (primary N) is 1. The predicted molar refractivity (Wildman–Crippen MR) is 25.7 cm³/mol. The molecule has 2 unspecified atom stereocenters. The second kappa shape index (κ2) is 1.92. The average molecular weight is 125 g/mol. The van der Waals surface area contributed by atoms with Gasteiger partial charge in [-0.25, -0.2) is 0 Å². The maximum atomic E-state index is 10.00. The van der Waals surface area contributed by atoms with Crippen molar-refractivity contribution in [2.24, 2.45) is 5.50 Å². The Bertz CT molecular complexity index is 95.1. The van der Waals surface area contributed by atoms with E-state index in [0.29, 0.717) is 0 Å². The Morgan fingerprint density at radius 2 is 2.00 bits per heavy atom. The third-order valence-electron chi connectivity index (χ3n) is 0.535. The van der Waals surface area contributed by atoms with Gasteiger partial charge in [0.25, 0.3) is 7.52 Å². The molecule has 0 heterocycles. The summed E-state index contributed by atoms with van der Waals surface area (Å²) in [5.74, 6) is -1.31. The molecule has 0 saturated heterocycles. The van der Waals surface area contributed by atoms with E-state index in [9.17, 15) is 4.57 Å². The molecule has 0 rings (SSSR count). The van der Waals surface area contributed by atoms with Gasteiger partial charge in [-0.1, -0.05) is 0 Å². The van der Waals surface area contributed by atoms with Gasteiger partial charge in [0.05, 0.1) is 0 Å². The fourth-order valence-electron chi connectivity index (χ4n) is 0. The molecular formula is C2H8NO3P. The van der Waals surface area contributed by atoms with Gasteiger partial charge < -0.3 is 10.00 Å². The summed E-state index contributed by atoms with van der Waals surface area (Å²) in [6.45, 7) is 1.17. The van der Waals surface area contributed by atoms with Gasteiger partial charge in [0.2, 0.25) is 0 Å². The molecule has 0 spiro atoms. The molecule has 4 N–H and O–H groups in total. The Morgan fingerprint density at radius 1 is 1.86 bits per heavy atom. The van der Waals surface area contributed by atoms with E-state index in [4.69, 9.17) is 10.00 Å². The van der Waals surface area contributed by atoms with Gasteiger partial charge >= 0.3 is 0 Å². The van der Waals surface area contributed by atoms with Crippen LogP contribution in [0.2, 0.25) is 0 Å². The van der Waals surface area contributed by atoms with Crippen molar-refractivity contribution in [3.63, 3.8) is 0 Å². The summed E-state index contributed by atoms with van der Waals surface area (Å²) < 4.78 is 10.00. The molecule has 2 atom stereocenters. The van der Waals surface area contributed by atoms with Gasteiger partial charge in [0.1, 0.15) is 5.85 Å². The van der Waals surface area contributed by atoms with Crippen LogP contribution in [0, 0.1) is 0 Å². The smallest absolute Gasteiger partial charge is 0.292 e. The van der Waals surface area contributed by atoms with E-state index in [0.717, 1.165) is 0 Å². The van der Waals surface area contributed by atoms with Crippen molar-refractivity contribution in [1.82, 2.24) is 0 Å². The first-order valence-electron chi connectivity index (χ1n) is 1.73. The summed E-state index contributed by atoms with van der Waals surface area (Å²) in [5.41, 5.74) is 4.54. The van der Waals surface area contributed by atoms with Crippen LogP contribution in [0.3, 0.4) is 0 Å². The summed E-state index contributed by atoms with van der Waals surface area (Å²) in [5, 5.41) is 8.25. The first-order chi connectivity index (χ1) is 2.94. The highest BCUT2D eigenvalue weighted by Gasteiger charge is 2.17. The molecule has 5 heteroatoms. The predicted octanol–water partition coefficient (Wildman–Crippen LogP) is -0.531. The van der Waals surface area contributed by atoms with Crippen LogP contribution in [0.5, 0.6) is 0 Å². The van der Waals surface area contributed by atoms with Crippen molar-refractivity contribution in [1.29, 1.82) is 0 Å². The number of aliphatic hydroxyl groups excluding tert-OH is 1. The van der Waals surface area contributed by atoms with Crippen molar-refractivity contribution in [3.05, 3.63) is 0 Å². The standard InChI is InChI=1S/C2H8NO3P/c1-2(4)7(3,5)6/h2,4H,1H3,(H3,3,5,6). The van der Waals surface area contributed by atoms with Gasteiger partial charge in [-0.15, -0.1) is 0 Å². The third-order valence-corrected chi connectivity index (χ3v) is 1.61. The molecule has 0 aromatic rings. The maximum Gasteiger partial charge on any atom is 0.292 e. The van der Waals surface area contributed by atoms with E-state index >= 15 is 0 Å². The van der Waals surface area contributed by atoms with Crippen molar-refractivity contribution in [2.75, 3.05) is 0 Å². The minimum atomic E-state index is -3.68. The second-order valence-corrected chi connectivity index (χ2v) is 3.40. The molecule has 0 aliphatic heterocycles. The molecule has 44 valence electrons. The van der Waals surface area contributed by atoms with Gasteiger partial charge in [-0.05, 0) is 6.92 Å². The van der Waals surface area contributed by atoms with Crippen LogP contribution in [0.15, 0.2) is 0 Å². The van der Waals surface area contributed by atoms with Gasteiger partial charge in [0, 0.05) is 0 Å². The molecule has 4 nitrogen and oxygen atoms in total. The number of aliphatic hydroxyl groups is 1. The monoisotopic (exact) mass is 125 g/mol. The van der Waals surface area contributed by atoms with E-state index in [-0.39, 0.29) is 0 Å². The van der Waals surface area contributed by atoms with Crippen LogP contribution in [0.1, 0.15) is 6.92 Å². The first kappa shape index (κ1) is 7.11. The first-order valence-corrected chi connectivity index (χ1v) is 3.53. The molecule has 0 radical (unpaired) electrons. The van der Waals surface area contributed by atoms with E-state index in [1.807, 2.05) is 0 Å². The van der Waals surface area contributed by atoms with Crippen LogP contribution in [0.4, 0.5) is 0 Å². The Kier molecular flexibility index (Phi) is 1.95. The highest BCUT2D eigenvalue weighted by molar-refractivity contribution is 7.55. The Hall–Kier alpha value is 0.110. The van der Waals surface area contributed by atoms with Crippen molar-refractivity contribution in [3.8, 4) is 0 Å². The largest absolute Gasteiger partial charge is 0.382 e. The number of hydrogen-bond donors (Lipinski definition) is 3. The zero-order chi connectivity index (χ0) is 6.08. The van der Waals surface area contributed by atoms with Crippen molar-refractivity contribution in [2.45, 2.75) is 12.8 Å². The minimum Gasteiger partial charge on any atom is -0.382 e. The van der Waals surface area contributed by atoms with Crippen molar-refractivity contribution >= 4 is 7.52 Å². The molecule has 0 aliphatic rings. The van der Waals surface area contributed by atoms with Crippen LogP contribution >= 0.6 is 7.52 Å². The second-order valence-electron chi connectivity index (χ2n) is 1.30. The highest BCUT2D eigenvalue weighted by atomic mass is 31.2. The number of hydrogen-bond acceptors (Lipinski definition) is 2. The van der Waals surface area contributed by atoms with Crippen LogP contribution in [0.25, 0.3) is 0 Å². The van der Waals surface area contributed by atoms with E-state index in [2.05, 4.69) is 5.50 Å². The zero-order valence-corrected chi connectivity index (χ0v) is 4.80. The molecule has 0 aromatic heterocycles. The molecule has 0 aromatic carbocycles. The minimum absolute atomic E-state index is 1.17. The average Bonchev–Trinajstić information content (AvgIpc) is 1.31. The fourth-order valence-corrected chi connectivity index (χ4v) is 0. The Balaban J connectivity index is 3.80.